The maximum Gasteiger partial charge on any atom is 0.414 e. The Kier molecular flexibility index (Phi) is 4.73. The molecule has 0 bridgehead atoms. The molecule has 0 unspecified atom stereocenters. The Morgan fingerprint density at radius 3 is 2.21 bits per heavy atom. The van der Waals surface area contributed by atoms with Gasteiger partial charge < -0.3 is 15.4 Å². The molecule has 2 N–H and O–H groups in total. The van der Waals surface area contributed by atoms with Crippen molar-refractivity contribution in [2.45, 2.75) is 25.4 Å². The topological polar surface area (TPSA) is 92.9 Å². The lowest BCUT2D eigenvalue weighted by atomic mass is 10.1. The van der Waals surface area contributed by atoms with E-state index in [1.807, 2.05) is 17.0 Å². The Labute approximate surface area is 162 Å². The van der Waals surface area contributed by atoms with Crippen molar-refractivity contribution in [2.24, 2.45) is 5.73 Å². The predicted octanol–water partition coefficient (Wildman–Crippen LogP) is 2.55. The predicted molar refractivity (Wildman–Crippen MR) is 103 cm³/mol. The lowest BCUT2D eigenvalue weighted by molar-refractivity contribution is 0.0729. The molecular formula is C21H21N3O4. The van der Waals surface area contributed by atoms with E-state index in [-0.39, 0.29) is 18.0 Å². The van der Waals surface area contributed by atoms with Gasteiger partial charge in [0.05, 0.1) is 6.54 Å². The monoisotopic (exact) mass is 379 g/mol. The number of hydrogen-bond donors (Lipinski definition) is 1. The molecule has 0 aromatic heterocycles. The van der Waals surface area contributed by atoms with Gasteiger partial charge in [-0.05, 0) is 54.8 Å². The van der Waals surface area contributed by atoms with Gasteiger partial charge in [-0.3, -0.25) is 14.5 Å². The Hall–Kier alpha value is -3.35. The molecule has 1 saturated carbocycles. The number of rotatable bonds is 6. The van der Waals surface area contributed by atoms with Gasteiger partial charge in [-0.1, -0.05) is 12.1 Å². The first-order valence-corrected chi connectivity index (χ1v) is 9.27. The molecule has 3 amide bonds. The van der Waals surface area contributed by atoms with Crippen LogP contribution in [-0.4, -0.2) is 42.0 Å². The zero-order chi connectivity index (χ0) is 19.7. The Bertz CT molecular complexity index is 904. The zero-order valence-corrected chi connectivity index (χ0v) is 15.3. The first-order chi connectivity index (χ1) is 13.5. The molecule has 2 aromatic carbocycles. The van der Waals surface area contributed by atoms with Crippen LogP contribution in [0.15, 0.2) is 48.5 Å². The number of cyclic esters (lactones) is 1. The minimum absolute atomic E-state index is 0.0444. The van der Waals surface area contributed by atoms with E-state index < -0.39 is 5.91 Å². The second-order valence-corrected chi connectivity index (χ2v) is 7.04. The van der Waals surface area contributed by atoms with E-state index in [0.29, 0.717) is 30.8 Å². The highest BCUT2D eigenvalue weighted by atomic mass is 16.6. The van der Waals surface area contributed by atoms with E-state index >= 15 is 0 Å². The average molecular weight is 379 g/mol. The molecule has 4 rings (SSSR count). The van der Waals surface area contributed by atoms with Gasteiger partial charge in [0.25, 0.3) is 5.91 Å². The third kappa shape index (κ3) is 3.69. The molecule has 1 saturated heterocycles. The van der Waals surface area contributed by atoms with E-state index in [0.717, 1.165) is 24.1 Å². The number of nitrogens with zero attached hydrogens (tertiary/aromatic N) is 2. The molecule has 144 valence electrons. The summed E-state index contributed by atoms with van der Waals surface area (Å²) >= 11 is 0. The van der Waals surface area contributed by atoms with Gasteiger partial charge in [-0.15, -0.1) is 0 Å². The summed E-state index contributed by atoms with van der Waals surface area (Å²) in [5.74, 6) is -0.513. The molecule has 1 aliphatic carbocycles. The van der Waals surface area contributed by atoms with E-state index in [4.69, 9.17) is 10.5 Å². The lowest BCUT2D eigenvalue weighted by Crippen LogP contribution is -2.32. The zero-order valence-electron chi connectivity index (χ0n) is 15.3. The average Bonchev–Trinajstić information content (AvgIpc) is 3.46. The molecule has 2 aromatic rings. The molecule has 0 atom stereocenters. The number of hydrogen-bond acceptors (Lipinski definition) is 4. The Balaban J connectivity index is 1.49. The summed E-state index contributed by atoms with van der Waals surface area (Å²) in [6.45, 7) is 1.37. The standard InChI is InChI=1S/C21H21N3O4/c22-19(25)15-3-1-14(2-4-15)13-24(18-9-10-18)20(26)16-5-7-17(8-6-16)23-11-12-28-21(23)27/h1-8,18H,9-13H2,(H2,22,25). The van der Waals surface area contributed by atoms with Crippen molar-refractivity contribution in [1.82, 2.24) is 4.90 Å². The maximum absolute atomic E-state index is 13.0. The summed E-state index contributed by atoms with van der Waals surface area (Å²) in [4.78, 5) is 39.3. The number of anilines is 1. The summed E-state index contributed by atoms with van der Waals surface area (Å²) in [6, 6.07) is 14.3. The quantitative estimate of drug-likeness (QED) is 0.835. The molecule has 7 heteroatoms. The van der Waals surface area contributed by atoms with Gasteiger partial charge in [-0.25, -0.2) is 4.79 Å². The van der Waals surface area contributed by atoms with Crippen molar-refractivity contribution in [3.8, 4) is 0 Å². The molecule has 1 heterocycles. The fourth-order valence-corrected chi connectivity index (χ4v) is 3.30. The number of carbonyl (C=O) groups is 3. The third-order valence-electron chi connectivity index (χ3n) is 5.03. The number of carbonyl (C=O) groups excluding carboxylic acids is 3. The lowest BCUT2D eigenvalue weighted by Gasteiger charge is -2.23. The minimum atomic E-state index is -0.469. The van der Waals surface area contributed by atoms with Crippen LogP contribution in [0.5, 0.6) is 0 Å². The van der Waals surface area contributed by atoms with Crippen LogP contribution in [0, 0.1) is 0 Å². The van der Waals surface area contributed by atoms with E-state index in [1.165, 1.54) is 0 Å². The third-order valence-corrected chi connectivity index (χ3v) is 5.03. The molecule has 0 radical (unpaired) electrons. The number of nitrogens with two attached hydrogens (primary N) is 1. The van der Waals surface area contributed by atoms with Gasteiger partial charge in [0.1, 0.15) is 6.61 Å². The van der Waals surface area contributed by atoms with Crippen molar-refractivity contribution in [1.29, 1.82) is 0 Å². The van der Waals surface area contributed by atoms with Crippen molar-refractivity contribution in [3.63, 3.8) is 0 Å². The first-order valence-electron chi connectivity index (χ1n) is 9.27. The highest BCUT2D eigenvalue weighted by molar-refractivity contribution is 5.96. The molecule has 7 nitrogen and oxygen atoms in total. The van der Waals surface area contributed by atoms with Crippen LogP contribution in [0.3, 0.4) is 0 Å². The number of benzene rings is 2. The number of amides is 3. The molecule has 1 aliphatic heterocycles. The molecule has 0 spiro atoms. The van der Waals surface area contributed by atoms with E-state index in [2.05, 4.69) is 0 Å². The number of ether oxygens (including phenoxy) is 1. The van der Waals surface area contributed by atoms with Gasteiger partial charge in [0.2, 0.25) is 5.91 Å². The van der Waals surface area contributed by atoms with Crippen LogP contribution < -0.4 is 10.6 Å². The second-order valence-electron chi connectivity index (χ2n) is 7.04. The summed E-state index contributed by atoms with van der Waals surface area (Å²) < 4.78 is 4.95. The summed E-state index contributed by atoms with van der Waals surface area (Å²) in [5, 5.41) is 0. The molecule has 28 heavy (non-hydrogen) atoms. The summed E-state index contributed by atoms with van der Waals surface area (Å²) in [6.07, 6.45) is 1.61. The van der Waals surface area contributed by atoms with E-state index in [9.17, 15) is 14.4 Å². The van der Waals surface area contributed by atoms with Crippen LogP contribution >= 0.6 is 0 Å². The van der Waals surface area contributed by atoms with Crippen molar-refractivity contribution >= 4 is 23.6 Å². The maximum atomic E-state index is 13.0. The smallest absolute Gasteiger partial charge is 0.414 e. The van der Waals surface area contributed by atoms with Crippen molar-refractivity contribution < 1.29 is 19.1 Å². The van der Waals surface area contributed by atoms with Gasteiger partial charge in [0, 0.05) is 29.4 Å². The van der Waals surface area contributed by atoms with Crippen molar-refractivity contribution in [3.05, 3.63) is 65.2 Å². The Morgan fingerprint density at radius 1 is 1.04 bits per heavy atom. The summed E-state index contributed by atoms with van der Waals surface area (Å²) in [5.41, 5.74) is 7.97. The van der Waals surface area contributed by atoms with Crippen LogP contribution in [0.4, 0.5) is 10.5 Å². The first kappa shape index (κ1) is 18.0. The van der Waals surface area contributed by atoms with Gasteiger partial charge in [0.15, 0.2) is 0 Å². The highest BCUT2D eigenvalue weighted by Gasteiger charge is 2.33. The van der Waals surface area contributed by atoms with Gasteiger partial charge in [-0.2, -0.15) is 0 Å². The van der Waals surface area contributed by atoms with Crippen LogP contribution in [-0.2, 0) is 11.3 Å². The van der Waals surface area contributed by atoms with Crippen molar-refractivity contribution in [2.75, 3.05) is 18.1 Å². The minimum Gasteiger partial charge on any atom is -0.447 e. The Morgan fingerprint density at radius 2 is 1.68 bits per heavy atom. The van der Waals surface area contributed by atoms with Crippen LogP contribution in [0.1, 0.15) is 39.1 Å². The molecule has 2 aliphatic rings. The normalized spacial score (nSPS) is 16.0. The molecular weight excluding hydrogens is 358 g/mol. The van der Waals surface area contributed by atoms with E-state index in [1.54, 1.807) is 41.3 Å². The molecule has 2 fully saturated rings. The highest BCUT2D eigenvalue weighted by Crippen LogP contribution is 2.30. The fraction of sp³-hybridized carbons (Fsp3) is 0.286. The number of primary amides is 1. The van der Waals surface area contributed by atoms with Crippen LogP contribution in [0.2, 0.25) is 0 Å². The summed E-state index contributed by atoms with van der Waals surface area (Å²) in [7, 11) is 0. The fourth-order valence-electron chi connectivity index (χ4n) is 3.30. The second kappa shape index (κ2) is 7.34. The SMILES string of the molecule is NC(=O)c1ccc(CN(C(=O)c2ccc(N3CCOC3=O)cc2)C2CC2)cc1. The van der Waals surface area contributed by atoms with Crippen LogP contribution in [0.25, 0.3) is 0 Å². The van der Waals surface area contributed by atoms with Gasteiger partial charge >= 0.3 is 6.09 Å². The largest absolute Gasteiger partial charge is 0.447 e.